The van der Waals surface area contributed by atoms with E-state index in [1.54, 1.807) is 6.07 Å². The van der Waals surface area contributed by atoms with Crippen LogP contribution in [0.4, 0.5) is 5.69 Å². The van der Waals surface area contributed by atoms with Crippen molar-refractivity contribution >= 4 is 17.4 Å². The molecule has 1 rings (SSSR count). The topological polar surface area (TPSA) is 17.2 Å². The van der Waals surface area contributed by atoms with Gasteiger partial charge in [-0.3, -0.25) is 4.98 Å². The van der Waals surface area contributed by atoms with Gasteiger partial charge in [-0.1, -0.05) is 12.1 Å². The van der Waals surface area contributed by atoms with E-state index in [4.69, 9.17) is 6.57 Å². The van der Waals surface area contributed by atoms with Gasteiger partial charge in [0.1, 0.15) is 5.03 Å². The molecule has 0 unspecified atom stereocenters. The molecule has 0 aromatic carbocycles. The van der Waals surface area contributed by atoms with Crippen molar-refractivity contribution in [1.82, 2.24) is 4.98 Å². The molecule has 0 spiro atoms. The Kier molecular flexibility index (Phi) is 5.73. The zero-order valence-electron chi connectivity index (χ0n) is 7.03. The first kappa shape index (κ1) is 12.1. The molecule has 0 bridgehead atoms. The molecule has 0 aliphatic carbocycles. The van der Waals surface area contributed by atoms with E-state index in [9.17, 15) is 0 Å². The monoisotopic (exact) mass is 253 g/mol. The molecule has 0 amide bonds. The molecule has 0 fully saturated rings. The minimum Gasteiger partial charge on any atom is -0.259 e. The fraction of sp³-hybridized carbons (Fsp3) is 0.250. The molecule has 2 nitrogen and oxygen atoms in total. The Balaban J connectivity index is 0.00000121. The van der Waals surface area contributed by atoms with Gasteiger partial charge in [-0.25, -0.2) is 4.85 Å². The van der Waals surface area contributed by atoms with E-state index in [1.807, 2.05) is 19.2 Å². The molecule has 12 heavy (non-hydrogen) atoms. The van der Waals surface area contributed by atoms with Crippen molar-refractivity contribution < 1.29 is 32.7 Å². The van der Waals surface area contributed by atoms with Crippen LogP contribution in [0.5, 0.6) is 0 Å². The van der Waals surface area contributed by atoms with Gasteiger partial charge in [0.05, 0.1) is 6.57 Å². The molecule has 1 heterocycles. The van der Waals surface area contributed by atoms with Crippen LogP contribution in [-0.4, -0.2) is 11.2 Å². The molecule has 0 atom stereocenters. The van der Waals surface area contributed by atoms with E-state index in [1.165, 1.54) is 11.8 Å². The van der Waals surface area contributed by atoms with Gasteiger partial charge in [-0.05, 0) is 13.2 Å². The van der Waals surface area contributed by atoms with Crippen molar-refractivity contribution in [3.63, 3.8) is 0 Å². The van der Waals surface area contributed by atoms with Gasteiger partial charge >= 0.3 is 0 Å². The molecule has 0 aliphatic rings. The fourth-order valence-electron chi connectivity index (χ4n) is 0.761. The minimum atomic E-state index is 0. The summed E-state index contributed by atoms with van der Waals surface area (Å²) in [7, 11) is 0. The molecule has 4 heteroatoms. The van der Waals surface area contributed by atoms with Crippen molar-refractivity contribution in [3.8, 4) is 0 Å². The summed E-state index contributed by atoms with van der Waals surface area (Å²) in [5.74, 6) is 0. The summed E-state index contributed by atoms with van der Waals surface area (Å²) in [4.78, 5) is 7.56. The number of hydrogen-bond donors (Lipinski definition) is 0. The molecule has 1 radical (unpaired) electrons. The van der Waals surface area contributed by atoms with Crippen LogP contribution in [0.3, 0.4) is 0 Å². The summed E-state index contributed by atoms with van der Waals surface area (Å²) >= 11 is 1.51. The third-order valence-corrected chi connectivity index (χ3v) is 1.98. The Labute approximate surface area is 102 Å². The smallest absolute Gasteiger partial charge is 0.218 e. The quantitative estimate of drug-likeness (QED) is 0.565. The minimum absolute atomic E-state index is 0. The largest absolute Gasteiger partial charge is 0.259 e. The zero-order valence-corrected chi connectivity index (χ0v) is 10.7. The normalized spacial score (nSPS) is 8.42. The average Bonchev–Trinajstić information content (AvgIpc) is 2.04. The van der Waals surface area contributed by atoms with Gasteiger partial charge in [0.15, 0.2) is 0 Å². The second kappa shape index (κ2) is 5.69. The van der Waals surface area contributed by atoms with Gasteiger partial charge < -0.3 is 0 Å². The number of nitrogens with zero attached hydrogens (tertiary/aromatic N) is 2. The van der Waals surface area contributed by atoms with Crippen LogP contribution in [0, 0.1) is 13.5 Å². The second-order valence-electron chi connectivity index (χ2n) is 2.09. The van der Waals surface area contributed by atoms with Crippen LogP contribution >= 0.6 is 11.8 Å². The molecule has 0 saturated carbocycles. The molecular weight excluding hydrogens is 245 g/mol. The summed E-state index contributed by atoms with van der Waals surface area (Å²) in [6.45, 7) is 8.75. The molecule has 1 aromatic rings. The van der Waals surface area contributed by atoms with Crippen molar-refractivity contribution in [3.05, 3.63) is 29.2 Å². The van der Waals surface area contributed by atoms with Crippen molar-refractivity contribution in [2.75, 3.05) is 6.26 Å². The van der Waals surface area contributed by atoms with E-state index in [-0.39, 0.29) is 32.7 Å². The van der Waals surface area contributed by atoms with E-state index < -0.39 is 0 Å². The van der Waals surface area contributed by atoms with Crippen molar-refractivity contribution in [2.24, 2.45) is 0 Å². The number of aromatic nitrogens is 1. The fourth-order valence-corrected chi connectivity index (χ4v) is 1.32. The number of pyridine rings is 1. The standard InChI is InChI=1S/C8H8N2S.Y/c1-6-4-5-7(9-2)8(10-6)11-3;/h4-5H,1,3H3;. The zero-order chi connectivity index (χ0) is 8.27. The maximum absolute atomic E-state index is 6.83. The second-order valence-corrected chi connectivity index (χ2v) is 2.89. The van der Waals surface area contributed by atoms with Gasteiger partial charge in [-0.2, -0.15) is 0 Å². The molecular formula is C8H8N2SY. The number of rotatable bonds is 1. The van der Waals surface area contributed by atoms with Gasteiger partial charge in [-0.15, -0.1) is 11.8 Å². The van der Waals surface area contributed by atoms with E-state index >= 15 is 0 Å². The Morgan fingerprint density at radius 2 is 2.17 bits per heavy atom. The summed E-state index contributed by atoms with van der Waals surface area (Å²) in [5, 5.41) is 0.819. The van der Waals surface area contributed by atoms with Crippen molar-refractivity contribution in [2.45, 2.75) is 11.9 Å². The Bertz CT molecular complexity index is 306. The molecule has 0 N–H and O–H groups in total. The van der Waals surface area contributed by atoms with Crippen LogP contribution in [0.2, 0.25) is 0 Å². The van der Waals surface area contributed by atoms with E-state index in [2.05, 4.69) is 9.83 Å². The van der Waals surface area contributed by atoms with Gasteiger partial charge in [0, 0.05) is 38.4 Å². The molecule has 0 saturated heterocycles. The maximum Gasteiger partial charge on any atom is 0.218 e. The summed E-state index contributed by atoms with van der Waals surface area (Å²) in [5.41, 5.74) is 1.60. The first-order valence-electron chi connectivity index (χ1n) is 3.17. The van der Waals surface area contributed by atoms with Crippen molar-refractivity contribution in [1.29, 1.82) is 0 Å². The van der Waals surface area contributed by atoms with E-state index in [0.717, 1.165) is 10.7 Å². The van der Waals surface area contributed by atoms with Crippen LogP contribution in [0.1, 0.15) is 5.69 Å². The third-order valence-electron chi connectivity index (χ3n) is 1.29. The third kappa shape index (κ3) is 2.86. The first-order valence-corrected chi connectivity index (χ1v) is 4.39. The molecule has 59 valence electrons. The summed E-state index contributed by atoms with van der Waals surface area (Å²) < 4.78 is 0. The predicted octanol–water partition coefficient (Wildman–Crippen LogP) is 2.66. The average molecular weight is 253 g/mol. The Hall–Kier alpha value is 0.0939. The van der Waals surface area contributed by atoms with E-state index in [0.29, 0.717) is 5.69 Å². The van der Waals surface area contributed by atoms with Crippen LogP contribution in [0.15, 0.2) is 17.2 Å². The number of hydrogen-bond acceptors (Lipinski definition) is 2. The first-order chi connectivity index (χ1) is 5.27. The summed E-state index contributed by atoms with van der Waals surface area (Å²) in [6.07, 6.45) is 1.93. The van der Waals surface area contributed by atoms with Gasteiger partial charge in [0.25, 0.3) is 0 Å². The predicted molar refractivity (Wildman–Crippen MR) is 47.0 cm³/mol. The number of thioether (sulfide) groups is 1. The van der Waals surface area contributed by atoms with Gasteiger partial charge in [0.2, 0.25) is 5.69 Å². The SMILES string of the molecule is [C-]#[N+]c1ccc(C)nc1SC.[Y]. The number of aryl methyl sites for hydroxylation is 1. The molecule has 0 aliphatic heterocycles. The summed E-state index contributed by atoms with van der Waals surface area (Å²) in [6, 6.07) is 3.66. The van der Waals surface area contributed by atoms with Crippen LogP contribution in [0.25, 0.3) is 4.85 Å². The Morgan fingerprint density at radius 3 is 2.67 bits per heavy atom. The van der Waals surface area contributed by atoms with Crippen LogP contribution < -0.4 is 0 Å². The van der Waals surface area contributed by atoms with Crippen LogP contribution in [-0.2, 0) is 32.7 Å². The maximum atomic E-state index is 6.83. The Morgan fingerprint density at radius 1 is 1.50 bits per heavy atom. The molecule has 1 aromatic heterocycles.